The second-order valence-electron chi connectivity index (χ2n) is 6.52. The minimum Gasteiger partial charge on any atom is -0.396 e. The monoisotopic (exact) mass is 321 g/mol. The van der Waals surface area contributed by atoms with Crippen molar-refractivity contribution in [3.8, 4) is 6.07 Å². The van der Waals surface area contributed by atoms with Gasteiger partial charge in [-0.25, -0.2) is 0 Å². The van der Waals surface area contributed by atoms with Gasteiger partial charge in [0, 0.05) is 38.5 Å². The van der Waals surface area contributed by atoms with Gasteiger partial charge in [0.05, 0.1) is 12.2 Å². The zero-order valence-corrected chi connectivity index (χ0v) is 14.1. The van der Waals surface area contributed by atoms with E-state index in [0.29, 0.717) is 19.5 Å². The number of hydrogen-bond acceptors (Lipinski definition) is 5. The van der Waals surface area contributed by atoms with Crippen LogP contribution in [-0.2, 0) is 9.53 Å². The van der Waals surface area contributed by atoms with Crippen molar-refractivity contribution in [2.24, 2.45) is 0 Å². The van der Waals surface area contributed by atoms with Gasteiger partial charge >= 0.3 is 0 Å². The summed E-state index contributed by atoms with van der Waals surface area (Å²) in [5.41, 5.74) is 0.177. The molecule has 3 unspecified atom stereocenters. The SMILES string of the molecule is CC1CN(C(=O)/C(C#N)=C\N2CCCCC2CCO)CC(C)O1. The number of ether oxygens (including phenoxy) is 1. The topological polar surface area (TPSA) is 76.8 Å². The van der Waals surface area contributed by atoms with Gasteiger partial charge in [0.2, 0.25) is 0 Å². The molecule has 128 valence electrons. The first kappa shape index (κ1) is 17.8. The van der Waals surface area contributed by atoms with Crippen LogP contribution in [0.15, 0.2) is 11.8 Å². The van der Waals surface area contributed by atoms with E-state index >= 15 is 0 Å². The highest BCUT2D eigenvalue weighted by Gasteiger charge is 2.29. The largest absolute Gasteiger partial charge is 0.396 e. The Morgan fingerprint density at radius 3 is 2.65 bits per heavy atom. The number of amides is 1. The number of aliphatic hydroxyl groups is 1. The Morgan fingerprint density at radius 1 is 1.35 bits per heavy atom. The molecule has 0 aliphatic carbocycles. The molecule has 6 nitrogen and oxygen atoms in total. The smallest absolute Gasteiger partial charge is 0.266 e. The molecule has 0 spiro atoms. The molecule has 2 aliphatic heterocycles. The first-order chi connectivity index (χ1) is 11.0. The van der Waals surface area contributed by atoms with E-state index in [2.05, 4.69) is 11.0 Å². The maximum atomic E-state index is 12.7. The van der Waals surface area contributed by atoms with Crippen LogP contribution in [0.3, 0.4) is 0 Å². The number of likely N-dealkylation sites (tertiary alicyclic amines) is 1. The van der Waals surface area contributed by atoms with Crippen molar-refractivity contribution in [2.45, 2.75) is 57.8 Å². The number of carbonyl (C=O) groups excluding carboxylic acids is 1. The molecule has 0 aromatic carbocycles. The van der Waals surface area contributed by atoms with E-state index in [1.54, 1.807) is 11.1 Å². The summed E-state index contributed by atoms with van der Waals surface area (Å²) in [6.07, 6.45) is 5.52. The van der Waals surface area contributed by atoms with Crippen LogP contribution >= 0.6 is 0 Å². The minimum atomic E-state index is -0.220. The van der Waals surface area contributed by atoms with E-state index in [0.717, 1.165) is 25.8 Å². The Morgan fingerprint density at radius 2 is 2.04 bits per heavy atom. The van der Waals surface area contributed by atoms with E-state index < -0.39 is 0 Å². The first-order valence-corrected chi connectivity index (χ1v) is 8.48. The molecule has 3 atom stereocenters. The Balaban J connectivity index is 2.10. The predicted octanol–water partition coefficient (Wildman–Crippen LogP) is 1.27. The first-order valence-electron chi connectivity index (χ1n) is 8.48. The molecule has 2 aliphatic rings. The Hall–Kier alpha value is -1.58. The zero-order chi connectivity index (χ0) is 16.8. The van der Waals surface area contributed by atoms with Crippen LogP contribution in [0.1, 0.15) is 39.5 Å². The summed E-state index contributed by atoms with van der Waals surface area (Å²) in [5, 5.41) is 18.6. The highest BCUT2D eigenvalue weighted by atomic mass is 16.5. The van der Waals surface area contributed by atoms with E-state index in [-0.39, 0.29) is 36.3 Å². The fourth-order valence-corrected chi connectivity index (χ4v) is 3.46. The van der Waals surface area contributed by atoms with E-state index in [4.69, 9.17) is 4.74 Å². The van der Waals surface area contributed by atoms with Crippen LogP contribution in [0.5, 0.6) is 0 Å². The van der Waals surface area contributed by atoms with Gasteiger partial charge in [-0.05, 0) is 39.5 Å². The summed E-state index contributed by atoms with van der Waals surface area (Å²) >= 11 is 0. The van der Waals surface area contributed by atoms with Gasteiger partial charge in [0.1, 0.15) is 11.6 Å². The lowest BCUT2D eigenvalue weighted by atomic mass is 10.00. The average Bonchev–Trinajstić information content (AvgIpc) is 2.52. The zero-order valence-electron chi connectivity index (χ0n) is 14.1. The summed E-state index contributed by atoms with van der Waals surface area (Å²) in [6, 6.07) is 2.28. The number of nitriles is 1. The second-order valence-corrected chi connectivity index (χ2v) is 6.52. The average molecular weight is 321 g/mol. The number of piperidine rings is 1. The van der Waals surface area contributed by atoms with E-state index in [1.165, 1.54) is 0 Å². The fourth-order valence-electron chi connectivity index (χ4n) is 3.46. The van der Waals surface area contributed by atoms with E-state index in [1.807, 2.05) is 13.8 Å². The van der Waals surface area contributed by atoms with Gasteiger partial charge in [-0.3, -0.25) is 4.79 Å². The van der Waals surface area contributed by atoms with Crippen LogP contribution < -0.4 is 0 Å². The van der Waals surface area contributed by atoms with Gasteiger partial charge in [-0.1, -0.05) is 0 Å². The molecule has 2 heterocycles. The number of carbonyl (C=O) groups is 1. The lowest BCUT2D eigenvalue weighted by molar-refractivity contribution is -0.138. The molecule has 0 radical (unpaired) electrons. The van der Waals surface area contributed by atoms with E-state index in [9.17, 15) is 15.2 Å². The van der Waals surface area contributed by atoms with Gasteiger partial charge in [-0.15, -0.1) is 0 Å². The molecule has 0 bridgehead atoms. The van der Waals surface area contributed by atoms with Gasteiger partial charge in [0.25, 0.3) is 5.91 Å². The maximum absolute atomic E-state index is 12.7. The summed E-state index contributed by atoms with van der Waals surface area (Å²) in [4.78, 5) is 16.4. The standard InChI is InChI=1S/C17H27N3O3/c1-13-10-20(11-14(2)23-13)17(22)15(9-18)12-19-7-4-3-5-16(19)6-8-21/h12-14,16,21H,3-8,10-11H2,1-2H3/b15-12-. The van der Waals surface area contributed by atoms with Gasteiger partial charge < -0.3 is 19.6 Å². The molecule has 1 N–H and O–H groups in total. The molecular formula is C17H27N3O3. The van der Waals surface area contributed by atoms with Crippen LogP contribution in [0.2, 0.25) is 0 Å². The lowest BCUT2D eigenvalue weighted by Crippen LogP contribution is -2.48. The molecule has 2 rings (SSSR count). The van der Waals surface area contributed by atoms with Crippen molar-refractivity contribution in [2.75, 3.05) is 26.2 Å². The van der Waals surface area contributed by atoms with Crippen LogP contribution in [-0.4, -0.2) is 65.3 Å². The van der Waals surface area contributed by atoms with Crippen molar-refractivity contribution >= 4 is 5.91 Å². The van der Waals surface area contributed by atoms with Crippen molar-refractivity contribution in [3.05, 3.63) is 11.8 Å². The summed E-state index contributed by atoms with van der Waals surface area (Å²) in [5.74, 6) is -0.220. The summed E-state index contributed by atoms with van der Waals surface area (Å²) < 4.78 is 5.64. The lowest BCUT2D eigenvalue weighted by Gasteiger charge is -2.37. The molecule has 2 saturated heterocycles. The maximum Gasteiger partial charge on any atom is 0.266 e. The van der Waals surface area contributed by atoms with Crippen molar-refractivity contribution < 1.29 is 14.6 Å². The van der Waals surface area contributed by atoms with Crippen LogP contribution in [0.25, 0.3) is 0 Å². The molecule has 0 aromatic heterocycles. The van der Waals surface area contributed by atoms with Gasteiger partial charge in [-0.2, -0.15) is 5.26 Å². The Labute approximate surface area is 138 Å². The third-order valence-corrected chi connectivity index (χ3v) is 4.49. The van der Waals surface area contributed by atoms with Crippen LogP contribution in [0.4, 0.5) is 0 Å². The number of nitrogens with zero attached hydrogens (tertiary/aromatic N) is 3. The third kappa shape index (κ3) is 4.69. The highest BCUT2D eigenvalue weighted by molar-refractivity contribution is 5.97. The van der Waals surface area contributed by atoms with Crippen LogP contribution in [0, 0.1) is 11.3 Å². The minimum absolute atomic E-state index is 0.0141. The number of hydrogen-bond donors (Lipinski definition) is 1. The third-order valence-electron chi connectivity index (χ3n) is 4.49. The molecule has 23 heavy (non-hydrogen) atoms. The van der Waals surface area contributed by atoms with Crippen molar-refractivity contribution in [1.82, 2.24) is 9.80 Å². The fraction of sp³-hybridized carbons (Fsp3) is 0.765. The molecule has 0 aromatic rings. The Bertz CT molecular complexity index is 474. The number of morpholine rings is 1. The summed E-state index contributed by atoms with van der Waals surface area (Å²) in [7, 11) is 0. The number of rotatable bonds is 4. The van der Waals surface area contributed by atoms with Crippen molar-refractivity contribution in [3.63, 3.8) is 0 Å². The van der Waals surface area contributed by atoms with Crippen molar-refractivity contribution in [1.29, 1.82) is 5.26 Å². The molecule has 0 saturated carbocycles. The molecular weight excluding hydrogens is 294 g/mol. The predicted molar refractivity (Wildman–Crippen MR) is 86.3 cm³/mol. The molecule has 1 amide bonds. The molecule has 6 heteroatoms. The number of aliphatic hydroxyl groups excluding tert-OH is 1. The normalized spacial score (nSPS) is 29.3. The summed E-state index contributed by atoms with van der Waals surface area (Å²) in [6.45, 7) is 5.87. The highest BCUT2D eigenvalue weighted by Crippen LogP contribution is 2.21. The van der Waals surface area contributed by atoms with Gasteiger partial charge in [0.15, 0.2) is 0 Å². The second kappa shape index (κ2) is 8.32. The quantitative estimate of drug-likeness (QED) is 0.623. The Kier molecular flexibility index (Phi) is 6.43. The molecule has 2 fully saturated rings.